The van der Waals surface area contributed by atoms with Crippen LogP contribution in [0.1, 0.15) is 24.7 Å². The molecular formula is C12H14F2N4. The number of halogens is 2. The summed E-state index contributed by atoms with van der Waals surface area (Å²) in [5.74, 6) is 6.62. The van der Waals surface area contributed by atoms with Crippen molar-refractivity contribution in [3.8, 4) is 11.3 Å². The highest BCUT2D eigenvalue weighted by Crippen LogP contribution is 2.28. The Morgan fingerprint density at radius 2 is 2.11 bits per heavy atom. The number of alkyl halides is 2. The Kier molecular flexibility index (Phi) is 3.18. The number of nitrogen functional groups attached to an aromatic ring is 2. The Hall–Kier alpha value is -2.11. The molecule has 0 radical (unpaired) electrons. The minimum absolute atomic E-state index is 0.0588. The van der Waals surface area contributed by atoms with Crippen LogP contribution in [0.4, 0.5) is 14.6 Å². The molecule has 2 aromatic rings. The standard InChI is InChI=1S/C12H14F2N4/c1-2-9-17-10(12(15)18(9)16)7-4-3-5-8(6-7)11(13)14/h3-6,11H,2,15-16H2,1H3. The number of hydrogen-bond donors (Lipinski definition) is 2. The van der Waals surface area contributed by atoms with Gasteiger partial charge in [0.2, 0.25) is 0 Å². The van der Waals surface area contributed by atoms with Gasteiger partial charge in [-0.15, -0.1) is 0 Å². The molecule has 4 N–H and O–H groups in total. The van der Waals surface area contributed by atoms with Crippen molar-refractivity contribution in [2.45, 2.75) is 19.8 Å². The molecule has 0 aliphatic heterocycles. The Labute approximate surface area is 103 Å². The first-order valence-electron chi connectivity index (χ1n) is 5.55. The molecule has 2 rings (SSSR count). The van der Waals surface area contributed by atoms with Crippen molar-refractivity contribution < 1.29 is 8.78 Å². The highest BCUT2D eigenvalue weighted by atomic mass is 19.3. The Morgan fingerprint density at radius 1 is 1.39 bits per heavy atom. The molecule has 0 atom stereocenters. The van der Waals surface area contributed by atoms with Gasteiger partial charge in [-0.05, 0) is 6.07 Å². The second-order valence-electron chi connectivity index (χ2n) is 3.91. The molecule has 0 fully saturated rings. The van der Waals surface area contributed by atoms with Crippen molar-refractivity contribution >= 4 is 5.82 Å². The zero-order chi connectivity index (χ0) is 13.3. The van der Waals surface area contributed by atoms with E-state index in [9.17, 15) is 8.78 Å². The first-order valence-corrected chi connectivity index (χ1v) is 5.55. The largest absolute Gasteiger partial charge is 0.382 e. The molecule has 0 spiro atoms. The van der Waals surface area contributed by atoms with Gasteiger partial charge in [-0.3, -0.25) is 0 Å². The van der Waals surface area contributed by atoms with Crippen LogP contribution in [0.15, 0.2) is 24.3 Å². The van der Waals surface area contributed by atoms with E-state index in [4.69, 9.17) is 11.6 Å². The number of rotatable bonds is 3. The number of anilines is 1. The summed E-state index contributed by atoms with van der Waals surface area (Å²) in [4.78, 5) is 4.27. The maximum Gasteiger partial charge on any atom is 0.263 e. The van der Waals surface area contributed by atoms with Crippen LogP contribution in [0.3, 0.4) is 0 Å². The first-order chi connectivity index (χ1) is 8.54. The lowest BCUT2D eigenvalue weighted by atomic mass is 10.1. The number of aromatic nitrogens is 2. The molecule has 4 nitrogen and oxygen atoms in total. The van der Waals surface area contributed by atoms with Crippen LogP contribution < -0.4 is 11.6 Å². The van der Waals surface area contributed by atoms with Gasteiger partial charge in [0.25, 0.3) is 6.43 Å². The molecule has 0 aliphatic carbocycles. The third kappa shape index (κ3) is 2.01. The molecule has 1 aromatic heterocycles. The summed E-state index contributed by atoms with van der Waals surface area (Å²) >= 11 is 0. The molecule has 0 saturated heterocycles. The van der Waals surface area contributed by atoms with Crippen LogP contribution in [0.25, 0.3) is 11.3 Å². The van der Waals surface area contributed by atoms with E-state index in [2.05, 4.69) is 4.98 Å². The predicted molar refractivity (Wildman–Crippen MR) is 66.6 cm³/mol. The van der Waals surface area contributed by atoms with E-state index in [0.717, 1.165) is 0 Å². The lowest BCUT2D eigenvalue weighted by Gasteiger charge is -2.03. The molecule has 0 bridgehead atoms. The highest BCUT2D eigenvalue weighted by Gasteiger charge is 2.15. The van der Waals surface area contributed by atoms with Crippen LogP contribution in [-0.4, -0.2) is 9.66 Å². The summed E-state index contributed by atoms with van der Waals surface area (Å²) in [5, 5.41) is 0. The third-order valence-electron chi connectivity index (χ3n) is 2.75. The third-order valence-corrected chi connectivity index (χ3v) is 2.75. The van der Waals surface area contributed by atoms with E-state index in [1.807, 2.05) is 6.92 Å². The molecule has 6 heteroatoms. The SMILES string of the molecule is CCc1nc(-c2cccc(C(F)F)c2)c(N)n1N. The fourth-order valence-electron chi connectivity index (χ4n) is 1.78. The topological polar surface area (TPSA) is 69.9 Å². The number of aryl methyl sites for hydroxylation is 1. The molecule has 96 valence electrons. The number of benzene rings is 1. The highest BCUT2D eigenvalue weighted by molar-refractivity contribution is 5.71. The van der Waals surface area contributed by atoms with Crippen molar-refractivity contribution in [2.24, 2.45) is 0 Å². The quantitative estimate of drug-likeness (QED) is 0.824. The zero-order valence-corrected chi connectivity index (χ0v) is 9.90. The van der Waals surface area contributed by atoms with Crippen molar-refractivity contribution in [1.29, 1.82) is 0 Å². The van der Waals surface area contributed by atoms with Crippen LogP contribution in [0, 0.1) is 0 Å². The molecule has 0 amide bonds. The van der Waals surface area contributed by atoms with Crippen molar-refractivity contribution in [2.75, 3.05) is 11.6 Å². The van der Waals surface area contributed by atoms with Crippen molar-refractivity contribution in [1.82, 2.24) is 9.66 Å². The number of hydrogen-bond acceptors (Lipinski definition) is 3. The monoisotopic (exact) mass is 252 g/mol. The van der Waals surface area contributed by atoms with Crippen LogP contribution in [0.2, 0.25) is 0 Å². The fraction of sp³-hybridized carbons (Fsp3) is 0.250. The molecule has 1 heterocycles. The summed E-state index contributed by atoms with van der Waals surface area (Å²) in [5.41, 5.74) is 6.75. The van der Waals surface area contributed by atoms with E-state index in [-0.39, 0.29) is 11.4 Å². The van der Waals surface area contributed by atoms with Crippen LogP contribution >= 0.6 is 0 Å². The van der Waals surface area contributed by atoms with Gasteiger partial charge >= 0.3 is 0 Å². The molecule has 0 saturated carbocycles. The van der Waals surface area contributed by atoms with Crippen LogP contribution in [-0.2, 0) is 6.42 Å². The van der Waals surface area contributed by atoms with Gasteiger partial charge in [0.1, 0.15) is 11.5 Å². The number of nitrogens with two attached hydrogens (primary N) is 2. The van der Waals surface area contributed by atoms with Crippen LogP contribution in [0.5, 0.6) is 0 Å². The van der Waals surface area contributed by atoms with Crippen molar-refractivity contribution in [3.05, 3.63) is 35.7 Å². The maximum absolute atomic E-state index is 12.6. The van der Waals surface area contributed by atoms with E-state index < -0.39 is 6.43 Å². The Balaban J connectivity index is 2.52. The van der Waals surface area contributed by atoms with Gasteiger partial charge in [0.15, 0.2) is 5.82 Å². The van der Waals surface area contributed by atoms with Gasteiger partial charge in [0, 0.05) is 17.5 Å². The number of imidazole rings is 1. The minimum Gasteiger partial charge on any atom is -0.382 e. The van der Waals surface area contributed by atoms with E-state index >= 15 is 0 Å². The van der Waals surface area contributed by atoms with Gasteiger partial charge < -0.3 is 11.6 Å². The van der Waals surface area contributed by atoms with E-state index in [1.165, 1.54) is 16.8 Å². The van der Waals surface area contributed by atoms with Crippen molar-refractivity contribution in [3.63, 3.8) is 0 Å². The predicted octanol–water partition coefficient (Wildman–Crippen LogP) is 2.35. The normalized spacial score (nSPS) is 11.1. The molecule has 18 heavy (non-hydrogen) atoms. The van der Waals surface area contributed by atoms with E-state index in [0.29, 0.717) is 23.5 Å². The van der Waals surface area contributed by atoms with Gasteiger partial charge in [0.05, 0.1) is 0 Å². The summed E-state index contributed by atoms with van der Waals surface area (Å²) in [6.07, 6.45) is -1.90. The molecular weight excluding hydrogens is 238 g/mol. The lowest BCUT2D eigenvalue weighted by molar-refractivity contribution is 0.151. The molecule has 0 unspecified atom stereocenters. The molecule has 1 aromatic carbocycles. The average molecular weight is 252 g/mol. The second-order valence-corrected chi connectivity index (χ2v) is 3.91. The first kappa shape index (κ1) is 12.3. The summed E-state index contributed by atoms with van der Waals surface area (Å²) in [6, 6.07) is 5.98. The zero-order valence-electron chi connectivity index (χ0n) is 9.90. The summed E-state index contributed by atoms with van der Waals surface area (Å²) < 4.78 is 26.5. The second kappa shape index (κ2) is 4.64. The summed E-state index contributed by atoms with van der Waals surface area (Å²) in [6.45, 7) is 1.89. The Bertz CT molecular complexity index is 563. The van der Waals surface area contributed by atoms with Gasteiger partial charge in [-0.1, -0.05) is 25.1 Å². The van der Waals surface area contributed by atoms with Gasteiger partial charge in [-0.25, -0.2) is 18.4 Å². The fourth-order valence-corrected chi connectivity index (χ4v) is 1.78. The molecule has 0 aliphatic rings. The summed E-state index contributed by atoms with van der Waals surface area (Å²) in [7, 11) is 0. The lowest BCUT2D eigenvalue weighted by Crippen LogP contribution is -2.14. The maximum atomic E-state index is 12.6. The smallest absolute Gasteiger partial charge is 0.263 e. The Morgan fingerprint density at radius 3 is 2.67 bits per heavy atom. The average Bonchev–Trinajstić information content (AvgIpc) is 2.66. The number of nitrogens with zero attached hydrogens (tertiary/aromatic N) is 2. The van der Waals surface area contributed by atoms with Gasteiger partial charge in [-0.2, -0.15) is 0 Å². The van der Waals surface area contributed by atoms with E-state index in [1.54, 1.807) is 12.1 Å². The minimum atomic E-state index is -2.52.